The highest BCUT2D eigenvalue weighted by Gasteiger charge is 2.15. The second kappa shape index (κ2) is 3.56. The van der Waals surface area contributed by atoms with Crippen LogP contribution in [-0.2, 0) is 0 Å². The molecule has 5 heteroatoms. The summed E-state index contributed by atoms with van der Waals surface area (Å²) in [5.74, 6) is -0.246. The van der Waals surface area contributed by atoms with Crippen LogP contribution in [0.3, 0.4) is 0 Å². The Bertz CT molecular complexity index is 699. The Morgan fingerprint density at radius 3 is 2.94 bits per heavy atom. The van der Waals surface area contributed by atoms with E-state index >= 15 is 0 Å². The van der Waals surface area contributed by atoms with Gasteiger partial charge < -0.3 is 10.7 Å². The molecule has 0 aliphatic heterocycles. The summed E-state index contributed by atoms with van der Waals surface area (Å²) >= 11 is 1.41. The first kappa shape index (κ1) is 10.3. The number of rotatable bonds is 1. The van der Waals surface area contributed by atoms with Gasteiger partial charge in [0.2, 0.25) is 0 Å². The molecule has 0 aliphatic rings. The molecule has 3 nitrogen and oxygen atoms in total. The molecule has 0 amide bonds. The molecule has 0 aliphatic carbocycles. The molecule has 3 N–H and O–H groups in total. The molecule has 17 heavy (non-hydrogen) atoms. The summed E-state index contributed by atoms with van der Waals surface area (Å²) in [6.07, 6.45) is 1.77. The predicted molar refractivity (Wildman–Crippen MR) is 68.5 cm³/mol. The lowest BCUT2D eigenvalue weighted by Crippen LogP contribution is -1.84. The van der Waals surface area contributed by atoms with Crippen LogP contribution in [0.15, 0.2) is 24.4 Å². The number of nitrogen functional groups attached to an aromatic ring is 1. The highest BCUT2D eigenvalue weighted by molar-refractivity contribution is 7.15. The molecular weight excluding hydrogens is 237 g/mol. The Morgan fingerprint density at radius 2 is 2.24 bits per heavy atom. The average molecular weight is 247 g/mol. The maximum Gasteiger partial charge on any atom is 0.180 e. The second-order valence-electron chi connectivity index (χ2n) is 3.82. The SMILES string of the molecule is Cc1sc(N)nc1-c1c[nH]c2cccc(F)c12. The quantitative estimate of drug-likeness (QED) is 0.693. The maximum atomic E-state index is 13.8. The third-order valence-electron chi connectivity index (χ3n) is 2.72. The van der Waals surface area contributed by atoms with Gasteiger partial charge in [-0.3, -0.25) is 0 Å². The zero-order valence-electron chi connectivity index (χ0n) is 9.12. The van der Waals surface area contributed by atoms with Gasteiger partial charge in [0.15, 0.2) is 5.13 Å². The van der Waals surface area contributed by atoms with Gasteiger partial charge in [0.25, 0.3) is 0 Å². The van der Waals surface area contributed by atoms with Crippen molar-refractivity contribution in [2.75, 3.05) is 5.73 Å². The average Bonchev–Trinajstić information content (AvgIpc) is 2.83. The number of halogens is 1. The third-order valence-corrected chi connectivity index (χ3v) is 3.52. The summed E-state index contributed by atoms with van der Waals surface area (Å²) < 4.78 is 13.8. The number of benzene rings is 1. The summed E-state index contributed by atoms with van der Waals surface area (Å²) in [4.78, 5) is 8.29. The number of thiazole rings is 1. The molecule has 0 unspecified atom stereocenters. The van der Waals surface area contributed by atoms with Gasteiger partial charge in [-0.2, -0.15) is 0 Å². The Kier molecular flexibility index (Phi) is 2.16. The monoisotopic (exact) mass is 247 g/mol. The molecule has 0 radical (unpaired) electrons. The first-order valence-electron chi connectivity index (χ1n) is 5.15. The number of nitrogens with zero attached hydrogens (tertiary/aromatic N) is 1. The molecule has 0 spiro atoms. The van der Waals surface area contributed by atoms with Crippen molar-refractivity contribution in [2.45, 2.75) is 6.92 Å². The van der Waals surface area contributed by atoms with Crippen LogP contribution in [-0.4, -0.2) is 9.97 Å². The van der Waals surface area contributed by atoms with Gasteiger partial charge in [0, 0.05) is 27.5 Å². The van der Waals surface area contributed by atoms with E-state index in [-0.39, 0.29) is 5.82 Å². The summed E-state index contributed by atoms with van der Waals surface area (Å²) in [7, 11) is 0. The fraction of sp³-hybridized carbons (Fsp3) is 0.0833. The molecule has 3 aromatic rings. The third kappa shape index (κ3) is 1.51. The predicted octanol–water partition coefficient (Wildman–Crippen LogP) is 3.32. The lowest BCUT2D eigenvalue weighted by Gasteiger charge is -1.97. The molecule has 86 valence electrons. The number of hydrogen-bond donors (Lipinski definition) is 2. The fourth-order valence-electron chi connectivity index (χ4n) is 1.99. The van der Waals surface area contributed by atoms with E-state index in [1.165, 1.54) is 17.4 Å². The van der Waals surface area contributed by atoms with Gasteiger partial charge in [-0.15, -0.1) is 11.3 Å². The van der Waals surface area contributed by atoms with Crippen molar-refractivity contribution in [3.8, 4) is 11.3 Å². The number of fused-ring (bicyclic) bond motifs is 1. The number of nitrogens with two attached hydrogens (primary N) is 1. The van der Waals surface area contributed by atoms with Crippen LogP contribution in [0.25, 0.3) is 22.2 Å². The Hall–Kier alpha value is -1.88. The fourth-order valence-corrected chi connectivity index (χ4v) is 2.70. The molecule has 1 aromatic carbocycles. The van der Waals surface area contributed by atoms with Gasteiger partial charge in [0.05, 0.1) is 5.69 Å². The highest BCUT2D eigenvalue weighted by Crippen LogP contribution is 2.34. The largest absolute Gasteiger partial charge is 0.375 e. The number of aromatic amines is 1. The lowest BCUT2D eigenvalue weighted by molar-refractivity contribution is 0.640. The van der Waals surface area contributed by atoms with Crippen molar-refractivity contribution in [1.29, 1.82) is 0 Å². The van der Waals surface area contributed by atoms with Crippen LogP contribution in [0.2, 0.25) is 0 Å². The topological polar surface area (TPSA) is 54.7 Å². The first-order chi connectivity index (χ1) is 8.16. The van der Waals surface area contributed by atoms with Crippen molar-refractivity contribution >= 4 is 27.4 Å². The van der Waals surface area contributed by atoms with Crippen molar-refractivity contribution < 1.29 is 4.39 Å². The van der Waals surface area contributed by atoms with Gasteiger partial charge in [-0.05, 0) is 19.1 Å². The minimum absolute atomic E-state index is 0.246. The van der Waals surface area contributed by atoms with Gasteiger partial charge >= 0.3 is 0 Å². The second-order valence-corrected chi connectivity index (χ2v) is 5.06. The molecule has 2 heterocycles. The Labute approximate surface area is 101 Å². The number of nitrogens with one attached hydrogen (secondary N) is 1. The van der Waals surface area contributed by atoms with Crippen LogP contribution in [0.4, 0.5) is 9.52 Å². The highest BCUT2D eigenvalue weighted by atomic mass is 32.1. The van der Waals surface area contributed by atoms with Gasteiger partial charge in [-0.25, -0.2) is 9.37 Å². The molecule has 0 saturated heterocycles. The van der Waals surface area contributed by atoms with E-state index < -0.39 is 0 Å². The van der Waals surface area contributed by atoms with Crippen LogP contribution in [0.1, 0.15) is 4.88 Å². The number of hydrogen-bond acceptors (Lipinski definition) is 3. The molecule has 2 aromatic heterocycles. The van der Waals surface area contributed by atoms with Crippen molar-refractivity contribution in [3.63, 3.8) is 0 Å². The van der Waals surface area contributed by atoms with Crippen molar-refractivity contribution in [1.82, 2.24) is 9.97 Å². The molecular formula is C12H10FN3S. The smallest absolute Gasteiger partial charge is 0.180 e. The van der Waals surface area contributed by atoms with E-state index in [9.17, 15) is 4.39 Å². The summed E-state index contributed by atoms with van der Waals surface area (Å²) in [6, 6.07) is 4.97. The van der Waals surface area contributed by atoms with Crippen LogP contribution in [0.5, 0.6) is 0 Å². The number of H-pyrrole nitrogens is 1. The van der Waals surface area contributed by atoms with Crippen molar-refractivity contribution in [2.24, 2.45) is 0 Å². The molecule has 0 fully saturated rings. The van der Waals surface area contributed by atoms with Crippen molar-refractivity contribution in [3.05, 3.63) is 35.1 Å². The normalized spacial score (nSPS) is 11.2. The van der Waals surface area contributed by atoms with E-state index in [1.807, 2.05) is 13.0 Å². The molecule has 0 atom stereocenters. The number of aromatic nitrogens is 2. The van der Waals surface area contributed by atoms with Crippen LogP contribution >= 0.6 is 11.3 Å². The Balaban J connectivity index is 2.35. The Morgan fingerprint density at radius 1 is 1.41 bits per heavy atom. The standard InChI is InChI=1S/C12H10FN3S/c1-6-11(16-12(14)17-6)7-5-15-9-4-2-3-8(13)10(7)9/h2-5,15H,1H3,(H2,14,16). The first-order valence-corrected chi connectivity index (χ1v) is 5.97. The maximum absolute atomic E-state index is 13.8. The van der Waals surface area contributed by atoms with Gasteiger partial charge in [0.1, 0.15) is 5.82 Å². The van der Waals surface area contributed by atoms with E-state index in [0.717, 1.165) is 21.7 Å². The summed E-state index contributed by atoms with van der Waals surface area (Å²) in [5, 5.41) is 1.07. The molecule has 0 bridgehead atoms. The summed E-state index contributed by atoms with van der Waals surface area (Å²) in [6.45, 7) is 1.93. The zero-order chi connectivity index (χ0) is 12.0. The molecule has 0 saturated carbocycles. The lowest BCUT2D eigenvalue weighted by atomic mass is 10.1. The number of aryl methyl sites for hydroxylation is 1. The zero-order valence-corrected chi connectivity index (χ0v) is 9.94. The van der Waals surface area contributed by atoms with E-state index in [1.54, 1.807) is 12.3 Å². The van der Waals surface area contributed by atoms with Crippen LogP contribution < -0.4 is 5.73 Å². The van der Waals surface area contributed by atoms with E-state index in [4.69, 9.17) is 5.73 Å². The minimum atomic E-state index is -0.246. The van der Waals surface area contributed by atoms with Gasteiger partial charge in [-0.1, -0.05) is 6.07 Å². The van der Waals surface area contributed by atoms with Crippen LogP contribution in [0, 0.1) is 12.7 Å². The van der Waals surface area contributed by atoms with E-state index in [0.29, 0.717) is 10.5 Å². The summed E-state index contributed by atoms with van der Waals surface area (Å²) in [5.41, 5.74) is 7.96. The number of anilines is 1. The van der Waals surface area contributed by atoms with E-state index in [2.05, 4.69) is 9.97 Å². The molecule has 3 rings (SSSR count). The minimum Gasteiger partial charge on any atom is -0.375 e.